The number of hydrogen-bond acceptors (Lipinski definition) is 5. The molecule has 0 unspecified atom stereocenters. The molecule has 0 saturated carbocycles. The lowest BCUT2D eigenvalue weighted by atomic mass is 10.1. The van der Waals surface area contributed by atoms with Gasteiger partial charge in [0, 0.05) is 11.6 Å². The highest BCUT2D eigenvalue weighted by molar-refractivity contribution is 7.85. The molecule has 7 nitrogen and oxygen atoms in total. The van der Waals surface area contributed by atoms with Crippen molar-refractivity contribution < 1.29 is 26.5 Å². The lowest BCUT2D eigenvalue weighted by Crippen LogP contribution is -2.04. The molecule has 0 spiro atoms. The third-order valence-electron chi connectivity index (χ3n) is 4.24. The molecule has 0 aliphatic heterocycles. The molecule has 0 atom stereocenters. The van der Waals surface area contributed by atoms with Crippen LogP contribution in [0.15, 0.2) is 48.7 Å². The summed E-state index contributed by atoms with van der Waals surface area (Å²) >= 11 is 0. The molecular weight excluding hydrogens is 404 g/mol. The van der Waals surface area contributed by atoms with E-state index in [2.05, 4.69) is 10.1 Å². The quantitative estimate of drug-likeness (QED) is 0.555. The molecule has 154 valence electrons. The van der Waals surface area contributed by atoms with Crippen LogP contribution in [-0.4, -0.2) is 40.6 Å². The zero-order chi connectivity index (χ0) is 21.0. The van der Waals surface area contributed by atoms with Gasteiger partial charge in [0.2, 0.25) is 5.88 Å². The molecule has 2 aromatic heterocycles. The molecule has 0 bridgehead atoms. The van der Waals surface area contributed by atoms with Gasteiger partial charge in [0.05, 0.1) is 30.4 Å². The number of pyridine rings is 1. The van der Waals surface area contributed by atoms with E-state index in [9.17, 15) is 17.2 Å². The lowest BCUT2D eigenvalue weighted by molar-refractivity contribution is 0.145. The largest absolute Gasteiger partial charge is 0.481 e. The maximum absolute atomic E-state index is 13.2. The van der Waals surface area contributed by atoms with Crippen molar-refractivity contribution in [1.82, 2.24) is 14.8 Å². The minimum Gasteiger partial charge on any atom is -0.481 e. The fourth-order valence-corrected chi connectivity index (χ4v) is 3.34. The zero-order valence-corrected chi connectivity index (χ0v) is 16.3. The Bertz CT molecular complexity index is 1070. The molecule has 3 aromatic rings. The number of alkyl halides is 2. The Labute approximate surface area is 166 Å². The molecular formula is C19H19F2N3O4S. The summed E-state index contributed by atoms with van der Waals surface area (Å²) in [5.74, 6) is 0.0785. The molecule has 3 rings (SSSR count). The summed E-state index contributed by atoms with van der Waals surface area (Å²) in [4.78, 5) is 4.09. The summed E-state index contributed by atoms with van der Waals surface area (Å²) in [6, 6.07) is 11.7. The molecule has 0 amide bonds. The highest BCUT2D eigenvalue weighted by atomic mass is 32.2. The van der Waals surface area contributed by atoms with Crippen LogP contribution in [0.2, 0.25) is 0 Å². The third-order valence-corrected chi connectivity index (χ3v) is 5.05. The van der Waals surface area contributed by atoms with E-state index < -0.39 is 16.5 Å². The first kappa shape index (κ1) is 20.9. The molecule has 2 heterocycles. The Morgan fingerprint density at radius 1 is 1.17 bits per heavy atom. The first-order chi connectivity index (χ1) is 13.8. The Kier molecular flexibility index (Phi) is 6.23. The van der Waals surface area contributed by atoms with Gasteiger partial charge in [0.15, 0.2) is 0 Å². The van der Waals surface area contributed by atoms with E-state index in [0.717, 1.165) is 5.56 Å². The second-order valence-electron chi connectivity index (χ2n) is 6.31. The summed E-state index contributed by atoms with van der Waals surface area (Å²) in [5, 5.41) is 4.00. The predicted molar refractivity (Wildman–Crippen MR) is 103 cm³/mol. The van der Waals surface area contributed by atoms with Crippen molar-refractivity contribution in [3.05, 3.63) is 59.9 Å². The lowest BCUT2D eigenvalue weighted by Gasteiger charge is -2.09. The SMILES string of the molecule is COc1ccc(-n2nc(C(F)F)cc2-c2ccc(CCCS(=O)(=O)O)cc2)cn1. The number of rotatable bonds is 8. The van der Waals surface area contributed by atoms with E-state index in [-0.39, 0.29) is 17.9 Å². The van der Waals surface area contributed by atoms with Crippen molar-refractivity contribution in [1.29, 1.82) is 0 Å². The maximum atomic E-state index is 13.2. The number of nitrogens with zero attached hydrogens (tertiary/aromatic N) is 3. The number of aromatic nitrogens is 3. The van der Waals surface area contributed by atoms with Crippen LogP contribution in [0.4, 0.5) is 8.78 Å². The van der Waals surface area contributed by atoms with Gasteiger partial charge in [-0.1, -0.05) is 24.3 Å². The zero-order valence-electron chi connectivity index (χ0n) is 15.5. The number of benzene rings is 1. The number of hydrogen-bond donors (Lipinski definition) is 1. The Hall–Kier alpha value is -2.85. The second kappa shape index (κ2) is 8.66. The van der Waals surface area contributed by atoms with Crippen LogP contribution in [0.3, 0.4) is 0 Å². The van der Waals surface area contributed by atoms with Crippen molar-refractivity contribution in [3.8, 4) is 22.8 Å². The molecule has 10 heteroatoms. The molecule has 0 fully saturated rings. The Morgan fingerprint density at radius 2 is 1.90 bits per heavy atom. The van der Waals surface area contributed by atoms with E-state index in [0.29, 0.717) is 29.2 Å². The van der Waals surface area contributed by atoms with Gasteiger partial charge in [-0.25, -0.2) is 18.4 Å². The first-order valence-corrected chi connectivity index (χ1v) is 10.3. The topological polar surface area (TPSA) is 94.3 Å². The average molecular weight is 423 g/mol. The van der Waals surface area contributed by atoms with Gasteiger partial charge in [-0.05, 0) is 30.5 Å². The van der Waals surface area contributed by atoms with Gasteiger partial charge in [0.25, 0.3) is 16.5 Å². The van der Waals surface area contributed by atoms with E-state index in [1.807, 2.05) is 0 Å². The van der Waals surface area contributed by atoms with Crippen LogP contribution < -0.4 is 4.74 Å². The minimum absolute atomic E-state index is 0.281. The van der Waals surface area contributed by atoms with Crippen LogP contribution in [0, 0.1) is 0 Å². The standard InChI is InChI=1S/C19H19F2N3O4S/c1-28-18-9-8-15(12-22-18)24-17(11-16(23-24)19(20)21)14-6-4-13(5-7-14)3-2-10-29(25,26)27/h4-9,11-12,19H,2-3,10H2,1H3,(H,25,26,27). The van der Waals surface area contributed by atoms with E-state index in [1.165, 1.54) is 24.1 Å². The molecule has 1 aromatic carbocycles. The molecule has 0 saturated heterocycles. The van der Waals surface area contributed by atoms with E-state index in [1.54, 1.807) is 36.4 Å². The fourth-order valence-electron chi connectivity index (χ4n) is 2.83. The third kappa shape index (κ3) is 5.36. The molecule has 0 aliphatic rings. The van der Waals surface area contributed by atoms with Gasteiger partial charge >= 0.3 is 0 Å². The van der Waals surface area contributed by atoms with Gasteiger partial charge < -0.3 is 4.74 Å². The predicted octanol–water partition coefficient (Wildman–Crippen LogP) is 3.70. The van der Waals surface area contributed by atoms with Gasteiger partial charge in [-0.3, -0.25) is 4.55 Å². The summed E-state index contributed by atoms with van der Waals surface area (Å²) in [5.41, 5.74) is 2.15. The fraction of sp³-hybridized carbons (Fsp3) is 0.263. The van der Waals surface area contributed by atoms with Crippen molar-refractivity contribution >= 4 is 10.1 Å². The number of methoxy groups -OCH3 is 1. The van der Waals surface area contributed by atoms with Crippen LogP contribution in [0.1, 0.15) is 24.1 Å². The minimum atomic E-state index is -3.99. The van der Waals surface area contributed by atoms with Crippen LogP contribution in [0.5, 0.6) is 5.88 Å². The van der Waals surface area contributed by atoms with E-state index in [4.69, 9.17) is 9.29 Å². The average Bonchev–Trinajstić information content (AvgIpc) is 3.13. The second-order valence-corrected chi connectivity index (χ2v) is 7.88. The summed E-state index contributed by atoms with van der Waals surface area (Å²) in [6.45, 7) is 0. The maximum Gasteiger partial charge on any atom is 0.282 e. The highest BCUT2D eigenvalue weighted by Crippen LogP contribution is 2.28. The number of halogens is 2. The van der Waals surface area contributed by atoms with E-state index >= 15 is 0 Å². The first-order valence-electron chi connectivity index (χ1n) is 8.70. The van der Waals surface area contributed by atoms with Crippen molar-refractivity contribution in [2.45, 2.75) is 19.3 Å². The molecule has 0 aliphatic carbocycles. The van der Waals surface area contributed by atoms with Crippen LogP contribution in [-0.2, 0) is 16.5 Å². The Morgan fingerprint density at radius 3 is 2.45 bits per heavy atom. The summed E-state index contributed by atoms with van der Waals surface area (Å²) in [6.07, 6.45) is -0.498. The summed E-state index contributed by atoms with van der Waals surface area (Å²) < 4.78 is 63.3. The number of aryl methyl sites for hydroxylation is 1. The van der Waals surface area contributed by atoms with Crippen molar-refractivity contribution in [2.75, 3.05) is 12.9 Å². The van der Waals surface area contributed by atoms with Crippen molar-refractivity contribution in [3.63, 3.8) is 0 Å². The highest BCUT2D eigenvalue weighted by Gasteiger charge is 2.18. The normalized spacial score (nSPS) is 11.8. The van der Waals surface area contributed by atoms with Crippen LogP contribution >= 0.6 is 0 Å². The van der Waals surface area contributed by atoms with Crippen molar-refractivity contribution in [2.24, 2.45) is 0 Å². The van der Waals surface area contributed by atoms with Gasteiger partial charge in [-0.15, -0.1) is 0 Å². The monoisotopic (exact) mass is 423 g/mol. The number of ether oxygens (including phenoxy) is 1. The molecule has 0 radical (unpaired) electrons. The van der Waals surface area contributed by atoms with Gasteiger partial charge in [0.1, 0.15) is 5.69 Å². The van der Waals surface area contributed by atoms with Gasteiger partial charge in [-0.2, -0.15) is 13.5 Å². The molecule has 1 N–H and O–H groups in total. The summed E-state index contributed by atoms with van der Waals surface area (Å²) in [7, 11) is -2.51. The smallest absolute Gasteiger partial charge is 0.282 e. The van der Waals surface area contributed by atoms with Crippen LogP contribution in [0.25, 0.3) is 16.9 Å². The Balaban J connectivity index is 1.88. The molecule has 29 heavy (non-hydrogen) atoms.